The van der Waals surface area contributed by atoms with Crippen LogP contribution in [0.3, 0.4) is 0 Å². The molecule has 1 aromatic heterocycles. The van der Waals surface area contributed by atoms with Crippen molar-refractivity contribution in [3.8, 4) is 0 Å². The van der Waals surface area contributed by atoms with Crippen LogP contribution in [0, 0.1) is 0 Å². The largest absolute Gasteiger partial charge is 0.462 e. The second-order valence-electron chi connectivity index (χ2n) is 5.95. The molecule has 0 unspecified atom stereocenters. The number of benzene rings is 1. The number of fused-ring (bicyclic) bond motifs is 3. The van der Waals surface area contributed by atoms with Gasteiger partial charge in [0, 0.05) is 29.1 Å². The minimum atomic E-state index is -0.221. The van der Waals surface area contributed by atoms with E-state index in [0.717, 1.165) is 19.6 Å². The molecule has 110 valence electrons. The maximum absolute atomic E-state index is 12.0. The predicted octanol–water partition coefficient (Wildman–Crippen LogP) is 2.80. The van der Waals surface area contributed by atoms with E-state index in [1.807, 2.05) is 19.1 Å². The first-order valence-corrected chi connectivity index (χ1v) is 7.82. The number of hydrogen-bond donors (Lipinski definition) is 1. The topological polar surface area (TPSA) is 43.3 Å². The molecule has 1 N–H and O–H groups in total. The van der Waals surface area contributed by atoms with Crippen molar-refractivity contribution in [3.63, 3.8) is 0 Å². The summed E-state index contributed by atoms with van der Waals surface area (Å²) in [6.45, 7) is 4.21. The van der Waals surface area contributed by atoms with Crippen LogP contribution in [0.25, 0.3) is 10.9 Å². The lowest BCUT2D eigenvalue weighted by Crippen LogP contribution is -2.34. The number of nitrogens with one attached hydrogen (secondary N) is 1. The fraction of sp³-hybridized carbons (Fsp3) is 0.471. The van der Waals surface area contributed by atoms with Gasteiger partial charge in [0.05, 0.1) is 18.8 Å². The van der Waals surface area contributed by atoms with E-state index < -0.39 is 0 Å². The van der Waals surface area contributed by atoms with E-state index in [-0.39, 0.29) is 5.97 Å². The minimum Gasteiger partial charge on any atom is -0.462 e. The Morgan fingerprint density at radius 2 is 2.38 bits per heavy atom. The first-order chi connectivity index (χ1) is 10.3. The van der Waals surface area contributed by atoms with Crippen LogP contribution in [0.2, 0.25) is 0 Å². The van der Waals surface area contributed by atoms with Gasteiger partial charge in [0.15, 0.2) is 0 Å². The molecular weight excluding hydrogens is 264 g/mol. The molecule has 2 aromatic rings. The molecule has 0 radical (unpaired) electrons. The third kappa shape index (κ3) is 1.89. The number of carbonyl (C=O) groups is 1. The third-order valence-electron chi connectivity index (χ3n) is 4.75. The Morgan fingerprint density at radius 1 is 1.48 bits per heavy atom. The lowest BCUT2D eigenvalue weighted by molar-refractivity contribution is 0.0526. The van der Waals surface area contributed by atoms with Gasteiger partial charge in [-0.2, -0.15) is 0 Å². The lowest BCUT2D eigenvalue weighted by atomic mass is 9.86. The summed E-state index contributed by atoms with van der Waals surface area (Å²) >= 11 is 0. The second kappa shape index (κ2) is 4.88. The summed E-state index contributed by atoms with van der Waals surface area (Å²) in [4.78, 5) is 12.0. The number of aromatic nitrogens is 1. The van der Waals surface area contributed by atoms with E-state index in [1.54, 1.807) is 0 Å². The highest BCUT2D eigenvalue weighted by atomic mass is 16.5. The third-order valence-corrected chi connectivity index (χ3v) is 4.75. The SMILES string of the molecule is CCOC(=O)c1ccc2c(c1)c1c3n2CNC[C@H]3CCC1. The Labute approximate surface area is 124 Å². The van der Waals surface area contributed by atoms with Gasteiger partial charge in [-0.05, 0) is 49.9 Å². The van der Waals surface area contributed by atoms with Crippen LogP contribution in [0.1, 0.15) is 47.3 Å². The number of aryl methyl sites for hydroxylation is 1. The Morgan fingerprint density at radius 3 is 3.24 bits per heavy atom. The standard InChI is InChI=1S/C17H20N2O2/c1-2-21-17(20)11-6-7-15-14(8-11)13-5-3-4-12-9-18-10-19(15)16(12)13/h6-8,12,18H,2-5,9-10H2,1H3/t12-/m1/s1. The summed E-state index contributed by atoms with van der Waals surface area (Å²) in [6, 6.07) is 5.99. The molecule has 1 atom stereocenters. The van der Waals surface area contributed by atoms with Crippen molar-refractivity contribution in [1.29, 1.82) is 0 Å². The number of rotatable bonds is 2. The molecule has 4 heteroatoms. The van der Waals surface area contributed by atoms with E-state index in [2.05, 4.69) is 16.0 Å². The molecule has 2 aliphatic rings. The van der Waals surface area contributed by atoms with Crippen molar-refractivity contribution in [2.24, 2.45) is 0 Å². The number of carbonyl (C=O) groups excluding carboxylic acids is 1. The molecule has 1 aliphatic carbocycles. The molecule has 0 fully saturated rings. The average molecular weight is 284 g/mol. The van der Waals surface area contributed by atoms with Gasteiger partial charge < -0.3 is 9.30 Å². The number of nitrogens with zero attached hydrogens (tertiary/aromatic N) is 1. The van der Waals surface area contributed by atoms with Crippen LogP contribution in [0.15, 0.2) is 18.2 Å². The summed E-state index contributed by atoms with van der Waals surface area (Å²) < 4.78 is 7.53. The summed E-state index contributed by atoms with van der Waals surface area (Å²) in [5, 5.41) is 4.75. The van der Waals surface area contributed by atoms with Crippen molar-refractivity contribution in [1.82, 2.24) is 9.88 Å². The van der Waals surface area contributed by atoms with Crippen LogP contribution < -0.4 is 5.32 Å². The van der Waals surface area contributed by atoms with E-state index in [1.165, 1.54) is 35.0 Å². The maximum atomic E-state index is 12.0. The number of ether oxygens (including phenoxy) is 1. The molecule has 0 amide bonds. The van der Waals surface area contributed by atoms with Crippen LogP contribution in [0.5, 0.6) is 0 Å². The number of hydrogen-bond acceptors (Lipinski definition) is 3. The molecule has 0 bridgehead atoms. The molecule has 2 heterocycles. The maximum Gasteiger partial charge on any atom is 0.338 e. The van der Waals surface area contributed by atoms with Gasteiger partial charge in [-0.15, -0.1) is 0 Å². The van der Waals surface area contributed by atoms with Crippen LogP contribution in [-0.2, 0) is 17.8 Å². The smallest absolute Gasteiger partial charge is 0.338 e. The lowest BCUT2D eigenvalue weighted by Gasteiger charge is -2.30. The summed E-state index contributed by atoms with van der Waals surface area (Å²) in [6.07, 6.45) is 3.63. The fourth-order valence-electron chi connectivity index (χ4n) is 3.90. The summed E-state index contributed by atoms with van der Waals surface area (Å²) in [7, 11) is 0. The second-order valence-corrected chi connectivity index (χ2v) is 5.95. The molecule has 1 aliphatic heterocycles. The zero-order valence-electron chi connectivity index (χ0n) is 12.3. The van der Waals surface area contributed by atoms with Gasteiger partial charge >= 0.3 is 5.97 Å². The van der Waals surface area contributed by atoms with Crippen molar-refractivity contribution >= 4 is 16.9 Å². The minimum absolute atomic E-state index is 0.221. The van der Waals surface area contributed by atoms with Crippen LogP contribution in [0.4, 0.5) is 0 Å². The summed E-state index contributed by atoms with van der Waals surface area (Å²) in [5.74, 6) is 0.405. The molecule has 1 aromatic carbocycles. The Bertz CT molecular complexity index is 715. The quantitative estimate of drug-likeness (QED) is 0.862. The first-order valence-electron chi connectivity index (χ1n) is 7.82. The van der Waals surface area contributed by atoms with E-state index in [9.17, 15) is 4.79 Å². The monoisotopic (exact) mass is 284 g/mol. The van der Waals surface area contributed by atoms with E-state index in [4.69, 9.17) is 4.74 Å². The van der Waals surface area contributed by atoms with Crippen molar-refractivity contribution in [2.75, 3.05) is 13.2 Å². The Hall–Kier alpha value is -1.81. The van der Waals surface area contributed by atoms with Gasteiger partial charge in [0.1, 0.15) is 0 Å². The zero-order chi connectivity index (χ0) is 14.4. The Balaban J connectivity index is 1.90. The molecule has 0 saturated carbocycles. The van der Waals surface area contributed by atoms with Gasteiger partial charge in [-0.3, -0.25) is 5.32 Å². The van der Waals surface area contributed by atoms with Gasteiger partial charge in [-0.25, -0.2) is 4.79 Å². The van der Waals surface area contributed by atoms with Gasteiger partial charge in [0.2, 0.25) is 0 Å². The molecule has 0 saturated heterocycles. The molecule has 4 nitrogen and oxygen atoms in total. The highest BCUT2D eigenvalue weighted by molar-refractivity contribution is 5.96. The van der Waals surface area contributed by atoms with E-state index >= 15 is 0 Å². The molecule has 21 heavy (non-hydrogen) atoms. The van der Waals surface area contributed by atoms with Crippen LogP contribution >= 0.6 is 0 Å². The first kappa shape index (κ1) is 12.9. The van der Waals surface area contributed by atoms with Crippen molar-refractivity contribution in [2.45, 2.75) is 38.8 Å². The normalized spacial score (nSPS) is 20.3. The van der Waals surface area contributed by atoms with Crippen LogP contribution in [-0.4, -0.2) is 23.7 Å². The predicted molar refractivity (Wildman–Crippen MR) is 81.6 cm³/mol. The van der Waals surface area contributed by atoms with Crippen molar-refractivity contribution < 1.29 is 9.53 Å². The van der Waals surface area contributed by atoms with Gasteiger partial charge in [-0.1, -0.05) is 0 Å². The average Bonchev–Trinajstić information content (AvgIpc) is 2.84. The van der Waals surface area contributed by atoms with Crippen molar-refractivity contribution in [3.05, 3.63) is 35.0 Å². The molecule has 4 rings (SSSR count). The van der Waals surface area contributed by atoms with E-state index in [0.29, 0.717) is 18.1 Å². The highest BCUT2D eigenvalue weighted by Gasteiger charge is 2.30. The molecule has 0 spiro atoms. The zero-order valence-corrected chi connectivity index (χ0v) is 12.3. The molecular formula is C17H20N2O2. The number of esters is 1. The fourth-order valence-corrected chi connectivity index (χ4v) is 3.90. The van der Waals surface area contributed by atoms with Gasteiger partial charge in [0.25, 0.3) is 0 Å². The summed E-state index contributed by atoms with van der Waals surface area (Å²) in [5.41, 5.74) is 4.86. The highest BCUT2D eigenvalue weighted by Crippen LogP contribution is 2.39. The Kier molecular flexibility index (Phi) is 3.00.